The first-order chi connectivity index (χ1) is 7.31. The van der Waals surface area contributed by atoms with Crippen LogP contribution in [0.1, 0.15) is 52.4 Å². The molecule has 0 amide bonds. The topological polar surface area (TPSA) is 35.5 Å². The van der Waals surface area contributed by atoms with E-state index in [0.29, 0.717) is 13.0 Å². The van der Waals surface area contributed by atoms with Crippen LogP contribution in [0.4, 0.5) is 0 Å². The lowest BCUT2D eigenvalue weighted by Crippen LogP contribution is -2.04. The van der Waals surface area contributed by atoms with Crippen molar-refractivity contribution in [2.24, 2.45) is 0 Å². The molecule has 0 N–H and O–H groups in total. The first kappa shape index (κ1) is 14.4. The Labute approximate surface area is 93.1 Å². The SMILES string of the molecule is CCCCCOCCCCC(=O)OCC. The highest BCUT2D eigenvalue weighted by Crippen LogP contribution is 2.00. The Bertz CT molecular complexity index is 146. The third-order valence-electron chi connectivity index (χ3n) is 2.12. The normalized spacial score (nSPS) is 10.3. The summed E-state index contributed by atoms with van der Waals surface area (Å²) >= 11 is 0. The molecular formula is C12H24O3. The van der Waals surface area contributed by atoms with E-state index in [1.54, 1.807) is 0 Å². The molecule has 0 bridgehead atoms. The molecule has 0 aromatic carbocycles. The van der Waals surface area contributed by atoms with Crippen LogP contribution in [-0.2, 0) is 14.3 Å². The number of hydrogen-bond acceptors (Lipinski definition) is 3. The van der Waals surface area contributed by atoms with Crippen molar-refractivity contribution in [2.45, 2.75) is 52.4 Å². The highest BCUT2D eigenvalue weighted by molar-refractivity contribution is 5.69. The zero-order chi connectivity index (χ0) is 11.4. The minimum atomic E-state index is -0.0940. The smallest absolute Gasteiger partial charge is 0.305 e. The fraction of sp³-hybridized carbons (Fsp3) is 0.917. The monoisotopic (exact) mass is 216 g/mol. The Kier molecular flexibility index (Phi) is 11.1. The Morgan fingerprint density at radius 2 is 1.67 bits per heavy atom. The van der Waals surface area contributed by atoms with Gasteiger partial charge >= 0.3 is 5.97 Å². The molecule has 3 nitrogen and oxygen atoms in total. The highest BCUT2D eigenvalue weighted by atomic mass is 16.5. The summed E-state index contributed by atoms with van der Waals surface area (Å²) in [6, 6.07) is 0. The average molecular weight is 216 g/mol. The number of rotatable bonds is 10. The van der Waals surface area contributed by atoms with E-state index < -0.39 is 0 Å². The Hall–Kier alpha value is -0.570. The van der Waals surface area contributed by atoms with Gasteiger partial charge in [-0.05, 0) is 26.2 Å². The highest BCUT2D eigenvalue weighted by Gasteiger charge is 2.00. The lowest BCUT2D eigenvalue weighted by atomic mass is 10.2. The summed E-state index contributed by atoms with van der Waals surface area (Å²) in [6.07, 6.45) is 5.95. The predicted octanol–water partition coefficient (Wildman–Crippen LogP) is 2.93. The van der Waals surface area contributed by atoms with Crippen molar-refractivity contribution >= 4 is 5.97 Å². The fourth-order valence-electron chi connectivity index (χ4n) is 1.26. The van der Waals surface area contributed by atoms with Gasteiger partial charge in [-0.25, -0.2) is 0 Å². The Balaban J connectivity index is 3.01. The Morgan fingerprint density at radius 1 is 1.00 bits per heavy atom. The summed E-state index contributed by atoms with van der Waals surface area (Å²) in [6.45, 7) is 6.11. The molecule has 0 fully saturated rings. The van der Waals surface area contributed by atoms with E-state index in [0.717, 1.165) is 32.5 Å². The van der Waals surface area contributed by atoms with Gasteiger partial charge in [0.2, 0.25) is 0 Å². The molecule has 0 unspecified atom stereocenters. The molecule has 0 atom stereocenters. The second kappa shape index (κ2) is 11.5. The van der Waals surface area contributed by atoms with Gasteiger partial charge in [-0.2, -0.15) is 0 Å². The number of carbonyl (C=O) groups is 1. The summed E-state index contributed by atoms with van der Waals surface area (Å²) in [5.74, 6) is -0.0940. The summed E-state index contributed by atoms with van der Waals surface area (Å²) in [4.78, 5) is 11.0. The quantitative estimate of drug-likeness (QED) is 0.416. The van der Waals surface area contributed by atoms with E-state index in [2.05, 4.69) is 6.92 Å². The number of ether oxygens (including phenoxy) is 2. The molecule has 0 rings (SSSR count). The molecule has 0 aliphatic rings. The van der Waals surface area contributed by atoms with Crippen molar-refractivity contribution < 1.29 is 14.3 Å². The van der Waals surface area contributed by atoms with E-state index in [9.17, 15) is 4.79 Å². The molecule has 0 aliphatic heterocycles. The van der Waals surface area contributed by atoms with Gasteiger partial charge in [-0.15, -0.1) is 0 Å². The standard InChI is InChI=1S/C12H24O3/c1-3-5-7-10-14-11-8-6-9-12(13)15-4-2/h3-11H2,1-2H3. The number of carbonyl (C=O) groups excluding carboxylic acids is 1. The first-order valence-corrected chi connectivity index (χ1v) is 6.04. The summed E-state index contributed by atoms with van der Waals surface area (Å²) in [5.41, 5.74) is 0. The van der Waals surface area contributed by atoms with Crippen molar-refractivity contribution in [1.29, 1.82) is 0 Å². The lowest BCUT2D eigenvalue weighted by molar-refractivity contribution is -0.143. The van der Waals surface area contributed by atoms with Gasteiger partial charge in [-0.3, -0.25) is 4.79 Å². The van der Waals surface area contributed by atoms with Gasteiger partial charge in [0.1, 0.15) is 0 Å². The maximum Gasteiger partial charge on any atom is 0.305 e. The molecule has 0 aliphatic carbocycles. The van der Waals surface area contributed by atoms with Crippen molar-refractivity contribution in [1.82, 2.24) is 0 Å². The van der Waals surface area contributed by atoms with E-state index in [-0.39, 0.29) is 5.97 Å². The first-order valence-electron chi connectivity index (χ1n) is 6.04. The molecule has 0 spiro atoms. The zero-order valence-corrected chi connectivity index (χ0v) is 10.1. The fourth-order valence-corrected chi connectivity index (χ4v) is 1.26. The third kappa shape index (κ3) is 11.4. The molecule has 3 heteroatoms. The van der Waals surface area contributed by atoms with Gasteiger partial charge in [-0.1, -0.05) is 19.8 Å². The van der Waals surface area contributed by atoms with Gasteiger partial charge in [0.15, 0.2) is 0 Å². The van der Waals surface area contributed by atoms with Gasteiger partial charge in [0.25, 0.3) is 0 Å². The van der Waals surface area contributed by atoms with Gasteiger partial charge < -0.3 is 9.47 Å². The molecule has 90 valence electrons. The van der Waals surface area contributed by atoms with Crippen LogP contribution in [0.25, 0.3) is 0 Å². The zero-order valence-electron chi connectivity index (χ0n) is 10.1. The predicted molar refractivity (Wildman–Crippen MR) is 60.8 cm³/mol. The molecule has 15 heavy (non-hydrogen) atoms. The van der Waals surface area contributed by atoms with Crippen molar-refractivity contribution in [3.8, 4) is 0 Å². The molecule has 0 aromatic heterocycles. The molecular weight excluding hydrogens is 192 g/mol. The summed E-state index contributed by atoms with van der Waals surface area (Å²) < 4.78 is 10.2. The second-order valence-electron chi connectivity index (χ2n) is 3.58. The molecule has 0 heterocycles. The van der Waals surface area contributed by atoms with Crippen molar-refractivity contribution in [2.75, 3.05) is 19.8 Å². The van der Waals surface area contributed by atoms with Crippen LogP contribution in [0.3, 0.4) is 0 Å². The van der Waals surface area contributed by atoms with E-state index in [4.69, 9.17) is 9.47 Å². The number of hydrogen-bond donors (Lipinski definition) is 0. The van der Waals surface area contributed by atoms with Crippen molar-refractivity contribution in [3.05, 3.63) is 0 Å². The summed E-state index contributed by atoms with van der Waals surface area (Å²) in [7, 11) is 0. The van der Waals surface area contributed by atoms with Gasteiger partial charge in [0.05, 0.1) is 6.61 Å². The molecule has 0 aromatic rings. The molecule has 0 saturated carbocycles. The van der Waals surface area contributed by atoms with E-state index >= 15 is 0 Å². The minimum Gasteiger partial charge on any atom is -0.466 e. The second-order valence-corrected chi connectivity index (χ2v) is 3.58. The van der Waals surface area contributed by atoms with Crippen LogP contribution in [-0.4, -0.2) is 25.8 Å². The molecule has 0 saturated heterocycles. The Morgan fingerprint density at radius 3 is 2.27 bits per heavy atom. The van der Waals surface area contributed by atoms with Crippen LogP contribution < -0.4 is 0 Å². The minimum absolute atomic E-state index is 0.0940. The van der Waals surface area contributed by atoms with Crippen LogP contribution in [0.2, 0.25) is 0 Å². The lowest BCUT2D eigenvalue weighted by Gasteiger charge is -2.03. The van der Waals surface area contributed by atoms with Crippen LogP contribution >= 0.6 is 0 Å². The average Bonchev–Trinajstić information content (AvgIpc) is 2.22. The third-order valence-corrected chi connectivity index (χ3v) is 2.12. The van der Waals surface area contributed by atoms with Crippen LogP contribution in [0.5, 0.6) is 0 Å². The van der Waals surface area contributed by atoms with Gasteiger partial charge in [0, 0.05) is 19.6 Å². The van der Waals surface area contributed by atoms with Crippen LogP contribution in [0.15, 0.2) is 0 Å². The van der Waals surface area contributed by atoms with E-state index in [1.807, 2.05) is 6.92 Å². The maximum atomic E-state index is 11.0. The van der Waals surface area contributed by atoms with Crippen molar-refractivity contribution in [3.63, 3.8) is 0 Å². The maximum absolute atomic E-state index is 11.0. The largest absolute Gasteiger partial charge is 0.466 e. The van der Waals surface area contributed by atoms with E-state index in [1.165, 1.54) is 12.8 Å². The molecule has 0 radical (unpaired) electrons. The summed E-state index contributed by atoms with van der Waals surface area (Å²) in [5, 5.41) is 0. The number of unbranched alkanes of at least 4 members (excludes halogenated alkanes) is 3. The number of esters is 1. The van der Waals surface area contributed by atoms with Crippen LogP contribution in [0, 0.1) is 0 Å².